The lowest BCUT2D eigenvalue weighted by atomic mass is 9.93. The van der Waals surface area contributed by atoms with E-state index in [1.54, 1.807) is 24.3 Å². The number of aryl methyl sites for hydroxylation is 1. The zero-order valence-corrected chi connectivity index (χ0v) is 19.8. The number of nitrogens with one attached hydrogen (secondary N) is 2. The molecule has 1 atom stereocenters. The highest BCUT2D eigenvalue weighted by molar-refractivity contribution is 5.95. The molecule has 1 aromatic heterocycles. The van der Waals surface area contributed by atoms with E-state index in [4.69, 9.17) is 5.73 Å². The summed E-state index contributed by atoms with van der Waals surface area (Å²) in [5.74, 6) is 5.66. The van der Waals surface area contributed by atoms with Gasteiger partial charge in [0, 0.05) is 43.9 Å². The Bertz CT molecular complexity index is 1240. The van der Waals surface area contributed by atoms with Gasteiger partial charge in [-0.1, -0.05) is 18.1 Å². The maximum Gasteiger partial charge on any atom is 0.416 e. The number of benzene rings is 1. The Kier molecular flexibility index (Phi) is 7.72. The lowest BCUT2D eigenvalue weighted by Gasteiger charge is -2.31. The molecule has 0 saturated carbocycles. The molecule has 1 aliphatic carbocycles. The van der Waals surface area contributed by atoms with E-state index in [9.17, 15) is 18.0 Å². The van der Waals surface area contributed by atoms with Crippen molar-refractivity contribution < 1.29 is 18.0 Å². The van der Waals surface area contributed by atoms with E-state index in [2.05, 4.69) is 32.4 Å². The first kappa shape index (κ1) is 25.4. The van der Waals surface area contributed by atoms with Crippen LogP contribution in [-0.4, -0.2) is 65.7 Å². The monoisotopic (exact) mass is 496 g/mol. The zero-order valence-electron chi connectivity index (χ0n) is 19.8. The van der Waals surface area contributed by atoms with Crippen LogP contribution in [0.1, 0.15) is 33.6 Å². The highest BCUT2D eigenvalue weighted by Crippen LogP contribution is 2.35. The molecule has 10 heteroatoms. The fourth-order valence-corrected chi connectivity index (χ4v) is 4.08. The van der Waals surface area contributed by atoms with Crippen LogP contribution in [0.25, 0.3) is 0 Å². The molecular formula is C26H27F3N6O. The number of rotatable bonds is 4. The van der Waals surface area contributed by atoms with Gasteiger partial charge in [0.05, 0.1) is 24.0 Å². The number of aromatic nitrogens is 2. The van der Waals surface area contributed by atoms with Crippen molar-refractivity contribution in [1.82, 2.24) is 25.5 Å². The molecule has 2 aliphatic rings. The van der Waals surface area contributed by atoms with Crippen LogP contribution in [0.15, 0.2) is 53.9 Å². The average molecular weight is 497 g/mol. The topological polar surface area (TPSA) is 96.2 Å². The summed E-state index contributed by atoms with van der Waals surface area (Å²) in [6.07, 6.45) is 1.37. The number of carbonyl (C=O) groups is 1. The van der Waals surface area contributed by atoms with Crippen molar-refractivity contribution in [2.75, 3.05) is 38.5 Å². The number of amides is 1. The van der Waals surface area contributed by atoms with E-state index in [-0.39, 0.29) is 17.9 Å². The summed E-state index contributed by atoms with van der Waals surface area (Å²) < 4.78 is 41.5. The summed E-state index contributed by atoms with van der Waals surface area (Å²) in [5.41, 5.74) is 7.29. The highest BCUT2D eigenvalue weighted by atomic mass is 19.4. The van der Waals surface area contributed by atoms with Gasteiger partial charge in [0.1, 0.15) is 11.5 Å². The van der Waals surface area contributed by atoms with Crippen LogP contribution in [0.4, 0.5) is 19.0 Å². The number of carbonyl (C=O) groups excluding carboxylic acids is 1. The molecule has 2 aromatic rings. The Balaban J connectivity index is 1.47. The van der Waals surface area contributed by atoms with E-state index in [1.165, 1.54) is 12.4 Å². The molecule has 0 radical (unpaired) electrons. The quantitative estimate of drug-likeness (QED) is 0.564. The van der Waals surface area contributed by atoms with E-state index in [0.29, 0.717) is 36.3 Å². The molecule has 1 unspecified atom stereocenters. The number of hydrogen-bond acceptors (Lipinski definition) is 6. The smallest absolute Gasteiger partial charge is 0.382 e. The lowest BCUT2D eigenvalue weighted by molar-refractivity contribution is -0.0904. The molecule has 1 saturated heterocycles. The fourth-order valence-electron chi connectivity index (χ4n) is 4.08. The van der Waals surface area contributed by atoms with Gasteiger partial charge in [-0.25, -0.2) is 9.97 Å². The molecule has 1 aromatic carbocycles. The van der Waals surface area contributed by atoms with Gasteiger partial charge in [0.2, 0.25) is 0 Å². The van der Waals surface area contributed by atoms with Crippen molar-refractivity contribution in [1.29, 1.82) is 0 Å². The Morgan fingerprint density at radius 2 is 2.00 bits per heavy atom. The second-order valence-corrected chi connectivity index (χ2v) is 8.76. The molecule has 2 heterocycles. The van der Waals surface area contributed by atoms with Gasteiger partial charge in [-0.3, -0.25) is 9.69 Å². The summed E-state index contributed by atoms with van der Waals surface area (Å²) >= 11 is 0. The third kappa shape index (κ3) is 6.50. The second kappa shape index (κ2) is 10.9. The van der Waals surface area contributed by atoms with Crippen molar-refractivity contribution in [3.05, 3.63) is 76.3 Å². The maximum absolute atomic E-state index is 13.8. The average Bonchev–Trinajstić information content (AvgIpc) is 2.85. The van der Waals surface area contributed by atoms with Gasteiger partial charge in [0.15, 0.2) is 0 Å². The summed E-state index contributed by atoms with van der Waals surface area (Å²) in [5, 5.41) is 5.92. The Hall–Kier alpha value is -3.68. The Morgan fingerprint density at radius 1 is 1.22 bits per heavy atom. The standard InChI is InChI=1S/C26H27F3N6O/c1-17-2-3-19(12-18(17)4-7-22-14-33-24(30)15-32-22)25(36)34-21-6-5-20(23(13-21)26(27,28)29)16-35-10-8-31-9-11-35/h2-3,5,12-15,21,31H,6,8-11,16H2,1H3,(H2,30,33)(H,34,36). The number of anilines is 1. The number of nitrogens with zero attached hydrogens (tertiary/aromatic N) is 3. The van der Waals surface area contributed by atoms with Crippen LogP contribution in [0.3, 0.4) is 0 Å². The molecule has 188 valence electrons. The normalized spacial score (nSPS) is 18.5. The summed E-state index contributed by atoms with van der Waals surface area (Å²) in [6, 6.07) is 4.23. The van der Waals surface area contributed by atoms with Gasteiger partial charge >= 0.3 is 6.18 Å². The minimum absolute atomic E-state index is 0.242. The fraction of sp³-hybridized carbons (Fsp3) is 0.346. The van der Waals surface area contributed by atoms with Crippen molar-refractivity contribution in [3.8, 4) is 11.8 Å². The van der Waals surface area contributed by atoms with Gasteiger partial charge in [-0.15, -0.1) is 0 Å². The van der Waals surface area contributed by atoms with Crippen LogP contribution in [0.5, 0.6) is 0 Å². The first-order chi connectivity index (χ1) is 17.2. The van der Waals surface area contributed by atoms with Crippen LogP contribution < -0.4 is 16.4 Å². The number of nitrogens with two attached hydrogens (primary N) is 1. The van der Waals surface area contributed by atoms with Gasteiger partial charge in [-0.2, -0.15) is 13.2 Å². The first-order valence-corrected chi connectivity index (χ1v) is 11.6. The molecule has 4 N–H and O–H groups in total. The van der Waals surface area contributed by atoms with Crippen molar-refractivity contribution in [3.63, 3.8) is 0 Å². The third-order valence-electron chi connectivity index (χ3n) is 6.05. The van der Waals surface area contributed by atoms with Crippen LogP contribution in [0, 0.1) is 18.8 Å². The molecule has 0 bridgehead atoms. The first-order valence-electron chi connectivity index (χ1n) is 11.6. The van der Waals surface area contributed by atoms with E-state index >= 15 is 0 Å². The number of halogens is 3. The summed E-state index contributed by atoms with van der Waals surface area (Å²) in [4.78, 5) is 22.9. The molecule has 1 aliphatic heterocycles. The molecule has 7 nitrogen and oxygen atoms in total. The largest absolute Gasteiger partial charge is 0.416 e. The van der Waals surface area contributed by atoms with Crippen molar-refractivity contribution >= 4 is 11.7 Å². The Morgan fingerprint density at radius 3 is 2.69 bits per heavy atom. The predicted octanol–water partition coefficient (Wildman–Crippen LogP) is 2.59. The SMILES string of the molecule is Cc1ccc(C(=O)NC2C=C(C(F)(F)F)C(CN3CCNCC3)=CC2)cc1C#Cc1cnc(N)cn1. The van der Waals surface area contributed by atoms with E-state index in [0.717, 1.165) is 24.7 Å². The third-order valence-corrected chi connectivity index (χ3v) is 6.05. The van der Waals surface area contributed by atoms with Gasteiger partial charge in [0.25, 0.3) is 5.91 Å². The second-order valence-electron chi connectivity index (χ2n) is 8.76. The predicted molar refractivity (Wildman–Crippen MR) is 131 cm³/mol. The van der Waals surface area contributed by atoms with Crippen molar-refractivity contribution in [2.45, 2.75) is 25.6 Å². The molecule has 1 amide bonds. The summed E-state index contributed by atoms with van der Waals surface area (Å²) in [6.45, 7) is 5.01. The van der Waals surface area contributed by atoms with Gasteiger partial charge < -0.3 is 16.4 Å². The number of piperazine rings is 1. The maximum atomic E-state index is 13.8. The lowest BCUT2D eigenvalue weighted by Crippen LogP contribution is -2.45. The minimum atomic E-state index is -4.50. The minimum Gasteiger partial charge on any atom is -0.382 e. The van der Waals surface area contributed by atoms with E-state index < -0.39 is 23.7 Å². The number of alkyl halides is 3. The van der Waals surface area contributed by atoms with E-state index in [1.807, 2.05) is 11.8 Å². The van der Waals surface area contributed by atoms with Crippen LogP contribution in [-0.2, 0) is 0 Å². The number of nitrogen functional groups attached to an aromatic ring is 1. The zero-order chi connectivity index (χ0) is 25.7. The van der Waals surface area contributed by atoms with Gasteiger partial charge in [-0.05, 0) is 48.6 Å². The molecule has 4 rings (SSSR count). The van der Waals surface area contributed by atoms with Crippen LogP contribution in [0.2, 0.25) is 0 Å². The van der Waals surface area contributed by atoms with Crippen LogP contribution >= 0.6 is 0 Å². The Labute approximate surface area is 207 Å². The van der Waals surface area contributed by atoms with Crippen molar-refractivity contribution in [2.24, 2.45) is 0 Å². The molecule has 1 fully saturated rings. The molecule has 36 heavy (non-hydrogen) atoms. The molecule has 0 spiro atoms. The highest BCUT2D eigenvalue weighted by Gasteiger charge is 2.38. The number of hydrogen-bond donors (Lipinski definition) is 3. The summed E-state index contributed by atoms with van der Waals surface area (Å²) in [7, 11) is 0. The molecular weight excluding hydrogens is 469 g/mol.